The van der Waals surface area contributed by atoms with Crippen molar-refractivity contribution in [2.24, 2.45) is 0 Å². The smallest absolute Gasteiger partial charge is 0.339 e. The Morgan fingerprint density at radius 3 is 2.84 bits per heavy atom. The summed E-state index contributed by atoms with van der Waals surface area (Å²) >= 11 is 0. The van der Waals surface area contributed by atoms with Crippen LogP contribution in [0.5, 0.6) is 5.75 Å². The Hall–Kier alpha value is -3.67. The van der Waals surface area contributed by atoms with Gasteiger partial charge >= 0.3 is 5.97 Å². The number of furan rings is 1. The lowest BCUT2D eigenvalue weighted by atomic mass is 10.1. The number of rotatable bonds is 3. The van der Waals surface area contributed by atoms with Crippen LogP contribution in [-0.2, 0) is 0 Å². The summed E-state index contributed by atoms with van der Waals surface area (Å²) in [6.45, 7) is 0. The molecule has 4 rings (SSSR count). The molecule has 3 aromatic rings. The molecule has 25 heavy (non-hydrogen) atoms. The summed E-state index contributed by atoms with van der Waals surface area (Å²) < 4.78 is 5.76. The molecule has 1 aliphatic carbocycles. The molecule has 0 atom stereocenters. The maximum absolute atomic E-state index is 11.1. The number of aromatic nitrogens is 2. The van der Waals surface area contributed by atoms with Gasteiger partial charge in [0, 0.05) is 11.8 Å². The molecule has 0 saturated carbocycles. The molecule has 2 heterocycles. The molecule has 6 heteroatoms. The Morgan fingerprint density at radius 1 is 1.12 bits per heavy atom. The molecule has 122 valence electrons. The number of aromatic hydroxyl groups is 1. The number of para-hydroxylation sites is 1. The summed E-state index contributed by atoms with van der Waals surface area (Å²) in [6, 6.07) is 7.95. The van der Waals surface area contributed by atoms with Crippen LogP contribution in [0.25, 0.3) is 29.0 Å². The number of phenols is 1. The van der Waals surface area contributed by atoms with Gasteiger partial charge in [-0.2, -0.15) is 0 Å². The van der Waals surface area contributed by atoms with Crippen molar-refractivity contribution < 1.29 is 19.4 Å². The van der Waals surface area contributed by atoms with E-state index in [1.165, 1.54) is 12.4 Å². The van der Waals surface area contributed by atoms with Crippen LogP contribution in [-0.4, -0.2) is 26.2 Å². The fourth-order valence-corrected chi connectivity index (χ4v) is 2.72. The average molecular weight is 332 g/mol. The lowest BCUT2D eigenvalue weighted by Gasteiger charge is -2.04. The molecule has 0 aliphatic heterocycles. The van der Waals surface area contributed by atoms with E-state index in [4.69, 9.17) is 9.52 Å². The van der Waals surface area contributed by atoms with Crippen molar-refractivity contribution in [3.05, 3.63) is 71.5 Å². The molecule has 6 nitrogen and oxygen atoms in total. The summed E-state index contributed by atoms with van der Waals surface area (Å²) in [5.74, 6) is -0.547. The molecule has 1 aliphatic rings. The van der Waals surface area contributed by atoms with Gasteiger partial charge < -0.3 is 14.6 Å². The first-order valence-electron chi connectivity index (χ1n) is 7.49. The van der Waals surface area contributed by atoms with E-state index in [1.54, 1.807) is 30.5 Å². The summed E-state index contributed by atoms with van der Waals surface area (Å²) in [7, 11) is 0. The van der Waals surface area contributed by atoms with E-state index in [-0.39, 0.29) is 11.3 Å². The summed E-state index contributed by atoms with van der Waals surface area (Å²) in [5.41, 5.74) is 2.84. The number of carbonyl (C=O) groups is 1. The van der Waals surface area contributed by atoms with Gasteiger partial charge in [0.1, 0.15) is 29.2 Å². The second-order valence-corrected chi connectivity index (χ2v) is 5.46. The van der Waals surface area contributed by atoms with Gasteiger partial charge in [-0.05, 0) is 42.0 Å². The Balaban J connectivity index is 1.71. The molecule has 0 amide bonds. The van der Waals surface area contributed by atoms with Gasteiger partial charge in [0.25, 0.3) is 0 Å². The third-order valence-corrected chi connectivity index (χ3v) is 3.93. The molecule has 0 fully saturated rings. The first-order valence-corrected chi connectivity index (χ1v) is 7.49. The number of hydrogen-bond acceptors (Lipinski definition) is 5. The minimum Gasteiger partial charge on any atom is -0.506 e. The van der Waals surface area contributed by atoms with Gasteiger partial charge in [-0.1, -0.05) is 12.1 Å². The van der Waals surface area contributed by atoms with Crippen LogP contribution in [0, 0.1) is 0 Å². The summed E-state index contributed by atoms with van der Waals surface area (Å²) in [5, 5.41) is 19.3. The molecule has 0 spiro atoms. The van der Waals surface area contributed by atoms with Gasteiger partial charge in [-0.3, -0.25) is 0 Å². The quantitative estimate of drug-likeness (QED) is 0.759. The van der Waals surface area contributed by atoms with Crippen LogP contribution >= 0.6 is 0 Å². The minimum absolute atomic E-state index is 0.168. The predicted molar refractivity (Wildman–Crippen MR) is 91.7 cm³/mol. The second kappa shape index (κ2) is 5.76. The van der Waals surface area contributed by atoms with E-state index in [9.17, 15) is 9.90 Å². The molecule has 0 unspecified atom stereocenters. The standard InChI is InChI=1S/C19H12N2O4/c22-18-13(2-1-3-14(18)19(23)24)17-7-5-12(25-17)8-11-4-6-16-15(11)9-20-10-21-16/h1-10,22H,(H,23,24). The van der Waals surface area contributed by atoms with E-state index in [1.807, 2.05) is 18.2 Å². The fraction of sp³-hybridized carbons (Fsp3) is 0. The maximum Gasteiger partial charge on any atom is 0.339 e. The Kier molecular flexibility index (Phi) is 3.43. The first-order chi connectivity index (χ1) is 12.1. The first kappa shape index (κ1) is 14.9. The van der Waals surface area contributed by atoms with Crippen LogP contribution in [0.2, 0.25) is 0 Å². The van der Waals surface area contributed by atoms with Crippen molar-refractivity contribution in [1.29, 1.82) is 0 Å². The Morgan fingerprint density at radius 2 is 2.00 bits per heavy atom. The summed E-state index contributed by atoms with van der Waals surface area (Å²) in [4.78, 5) is 19.3. The van der Waals surface area contributed by atoms with E-state index in [0.717, 1.165) is 16.8 Å². The number of carboxylic acids is 1. The van der Waals surface area contributed by atoms with Crippen LogP contribution < -0.4 is 0 Å². The van der Waals surface area contributed by atoms with Crippen molar-refractivity contribution >= 4 is 23.7 Å². The molecular formula is C19H12N2O4. The van der Waals surface area contributed by atoms with Gasteiger partial charge in [-0.25, -0.2) is 14.8 Å². The predicted octanol–water partition coefficient (Wildman–Crippen LogP) is 3.71. The zero-order valence-corrected chi connectivity index (χ0v) is 12.9. The fourth-order valence-electron chi connectivity index (χ4n) is 2.72. The second-order valence-electron chi connectivity index (χ2n) is 5.46. The normalized spacial score (nSPS) is 14.0. The highest BCUT2D eigenvalue weighted by molar-refractivity contribution is 5.96. The average Bonchev–Trinajstić information content (AvgIpc) is 3.23. The molecular weight excluding hydrogens is 320 g/mol. The number of carboxylic acid groups (broad SMARTS) is 1. The van der Waals surface area contributed by atoms with Crippen LogP contribution in [0.1, 0.15) is 27.4 Å². The van der Waals surface area contributed by atoms with Crippen molar-refractivity contribution in [1.82, 2.24) is 9.97 Å². The van der Waals surface area contributed by atoms with Crippen LogP contribution in [0.15, 0.2) is 53.3 Å². The van der Waals surface area contributed by atoms with Crippen molar-refractivity contribution in [3.63, 3.8) is 0 Å². The van der Waals surface area contributed by atoms with E-state index < -0.39 is 5.97 Å². The largest absolute Gasteiger partial charge is 0.506 e. The van der Waals surface area contributed by atoms with Gasteiger partial charge in [-0.15, -0.1) is 0 Å². The Labute approximate surface area is 142 Å². The van der Waals surface area contributed by atoms with E-state index in [0.29, 0.717) is 17.1 Å². The highest BCUT2D eigenvalue weighted by Gasteiger charge is 2.17. The number of fused-ring (bicyclic) bond motifs is 1. The monoisotopic (exact) mass is 332 g/mol. The summed E-state index contributed by atoms with van der Waals surface area (Å²) in [6.07, 6.45) is 8.89. The van der Waals surface area contributed by atoms with Gasteiger partial charge in [0.15, 0.2) is 0 Å². The van der Waals surface area contributed by atoms with Gasteiger partial charge in [0.2, 0.25) is 0 Å². The number of allylic oxidation sites excluding steroid dienone is 2. The zero-order valence-electron chi connectivity index (χ0n) is 12.9. The minimum atomic E-state index is -1.19. The SMILES string of the molecule is O=C(O)c1cccc(-c2ccc(C=C3C=Cc4ncncc43)o2)c1O. The lowest BCUT2D eigenvalue weighted by Crippen LogP contribution is -1.97. The topological polar surface area (TPSA) is 96.5 Å². The van der Waals surface area contributed by atoms with Crippen LogP contribution in [0.3, 0.4) is 0 Å². The van der Waals surface area contributed by atoms with E-state index >= 15 is 0 Å². The molecule has 2 aromatic heterocycles. The number of aromatic carboxylic acids is 1. The zero-order chi connectivity index (χ0) is 17.4. The lowest BCUT2D eigenvalue weighted by molar-refractivity contribution is 0.0694. The number of benzene rings is 1. The highest BCUT2D eigenvalue weighted by Crippen LogP contribution is 2.35. The van der Waals surface area contributed by atoms with Crippen molar-refractivity contribution in [2.45, 2.75) is 0 Å². The molecule has 0 bridgehead atoms. The third-order valence-electron chi connectivity index (χ3n) is 3.93. The molecule has 1 aromatic carbocycles. The Bertz CT molecular complexity index is 1050. The molecule has 0 radical (unpaired) electrons. The van der Waals surface area contributed by atoms with Crippen molar-refractivity contribution in [3.8, 4) is 17.1 Å². The number of hydrogen-bond donors (Lipinski definition) is 2. The number of nitrogens with zero attached hydrogens (tertiary/aromatic N) is 2. The van der Waals surface area contributed by atoms with Gasteiger partial charge in [0.05, 0.1) is 11.3 Å². The van der Waals surface area contributed by atoms with E-state index in [2.05, 4.69) is 9.97 Å². The van der Waals surface area contributed by atoms with Crippen LogP contribution in [0.4, 0.5) is 0 Å². The highest BCUT2D eigenvalue weighted by atomic mass is 16.4. The third kappa shape index (κ3) is 2.59. The maximum atomic E-state index is 11.1. The molecule has 2 N–H and O–H groups in total. The van der Waals surface area contributed by atoms with Crippen molar-refractivity contribution in [2.75, 3.05) is 0 Å². The molecule has 0 saturated heterocycles.